The lowest BCUT2D eigenvalue weighted by Gasteiger charge is -2.17. The highest BCUT2D eigenvalue weighted by Crippen LogP contribution is 2.16. The number of cyclic esters (lactones) is 1. The first-order chi connectivity index (χ1) is 10.1. The zero-order valence-electron chi connectivity index (χ0n) is 11.5. The summed E-state index contributed by atoms with van der Waals surface area (Å²) < 4.78 is 9.67. The Balaban J connectivity index is 1.84. The van der Waals surface area contributed by atoms with E-state index in [0.29, 0.717) is 0 Å². The van der Waals surface area contributed by atoms with Crippen LogP contribution in [-0.2, 0) is 30.5 Å². The van der Waals surface area contributed by atoms with Gasteiger partial charge in [-0.05, 0) is 12.5 Å². The number of benzene rings is 1. The van der Waals surface area contributed by atoms with Crippen LogP contribution in [0.4, 0.5) is 4.79 Å². The lowest BCUT2D eigenvalue weighted by Crippen LogP contribution is -2.36. The summed E-state index contributed by atoms with van der Waals surface area (Å²) in [5.41, 5.74) is 0.809. The summed E-state index contributed by atoms with van der Waals surface area (Å²) in [6.07, 6.45) is -1.03. The van der Waals surface area contributed by atoms with E-state index in [1.807, 2.05) is 18.2 Å². The molecule has 0 aromatic heterocycles. The minimum Gasteiger partial charge on any atom is -0.445 e. The summed E-state index contributed by atoms with van der Waals surface area (Å²) >= 11 is 0. The second-order valence-electron chi connectivity index (χ2n) is 4.55. The molecule has 7 nitrogen and oxygen atoms in total. The second-order valence-corrected chi connectivity index (χ2v) is 4.55. The Labute approximate surface area is 121 Å². The molecule has 1 aromatic carbocycles. The number of ketones is 1. The molecule has 0 N–H and O–H groups in total. The topological polar surface area (TPSA) is 82.1 Å². The van der Waals surface area contributed by atoms with Gasteiger partial charge in [0, 0.05) is 6.42 Å². The Morgan fingerprint density at radius 3 is 2.71 bits per heavy atom. The summed E-state index contributed by atoms with van der Waals surface area (Å²) in [5, 5.41) is 1.01. The Hall–Kier alpha value is -2.41. The molecule has 0 aliphatic carbocycles. The van der Waals surface area contributed by atoms with E-state index in [4.69, 9.17) is 14.3 Å². The van der Waals surface area contributed by atoms with Gasteiger partial charge in [0.1, 0.15) is 12.4 Å². The Kier molecular flexibility index (Phi) is 4.89. The van der Waals surface area contributed by atoms with Crippen LogP contribution in [0, 0.1) is 0 Å². The molecule has 21 heavy (non-hydrogen) atoms. The summed E-state index contributed by atoms with van der Waals surface area (Å²) in [5.74, 6) is -0.800. The van der Waals surface area contributed by atoms with E-state index >= 15 is 0 Å². The SMILES string of the molecule is CC(=O)C[C@H]1C(=O)OCN1OC(=O)OCc1ccccc1. The van der Waals surface area contributed by atoms with Crippen LogP contribution >= 0.6 is 0 Å². The summed E-state index contributed by atoms with van der Waals surface area (Å²) in [4.78, 5) is 39.0. The van der Waals surface area contributed by atoms with E-state index < -0.39 is 18.2 Å². The Bertz CT molecular complexity index is 530. The van der Waals surface area contributed by atoms with E-state index in [9.17, 15) is 14.4 Å². The summed E-state index contributed by atoms with van der Waals surface area (Å²) in [6.45, 7) is 1.19. The van der Waals surface area contributed by atoms with E-state index in [1.165, 1.54) is 6.92 Å². The minimum atomic E-state index is -0.953. The molecule has 1 fully saturated rings. The molecule has 0 spiro atoms. The molecule has 0 radical (unpaired) electrons. The maximum atomic E-state index is 11.6. The number of hydrogen-bond acceptors (Lipinski definition) is 7. The molecule has 1 aliphatic rings. The third-order valence-electron chi connectivity index (χ3n) is 2.83. The number of carbonyl (C=O) groups excluding carboxylic acids is 3. The molecule has 0 saturated carbocycles. The number of nitrogens with zero attached hydrogens (tertiary/aromatic N) is 1. The molecular weight excluding hydrogens is 278 g/mol. The van der Waals surface area contributed by atoms with Gasteiger partial charge in [-0.15, -0.1) is 0 Å². The number of esters is 1. The van der Waals surface area contributed by atoms with Crippen molar-refractivity contribution in [3.05, 3.63) is 35.9 Å². The predicted molar refractivity (Wildman–Crippen MR) is 69.6 cm³/mol. The van der Waals surface area contributed by atoms with Crippen LogP contribution in [0.1, 0.15) is 18.9 Å². The molecule has 1 aliphatic heterocycles. The van der Waals surface area contributed by atoms with Gasteiger partial charge in [0.15, 0.2) is 12.8 Å². The van der Waals surface area contributed by atoms with Gasteiger partial charge in [-0.1, -0.05) is 35.4 Å². The van der Waals surface area contributed by atoms with Crippen LogP contribution in [0.2, 0.25) is 0 Å². The normalized spacial score (nSPS) is 18.1. The molecule has 0 unspecified atom stereocenters. The van der Waals surface area contributed by atoms with Gasteiger partial charge in [0.2, 0.25) is 0 Å². The number of ether oxygens (including phenoxy) is 2. The molecule has 1 saturated heterocycles. The largest absolute Gasteiger partial charge is 0.528 e. The highest BCUT2D eigenvalue weighted by Gasteiger charge is 2.38. The number of Topliss-reactive ketones (excluding diaryl/α,β-unsaturated/α-hetero) is 1. The number of hydroxylamine groups is 2. The number of hydrogen-bond donors (Lipinski definition) is 0. The van der Waals surface area contributed by atoms with Gasteiger partial charge in [-0.25, -0.2) is 4.79 Å². The third kappa shape index (κ3) is 4.28. The van der Waals surface area contributed by atoms with Crippen LogP contribution in [0.15, 0.2) is 30.3 Å². The lowest BCUT2D eigenvalue weighted by molar-refractivity contribution is -0.155. The van der Waals surface area contributed by atoms with E-state index in [1.54, 1.807) is 12.1 Å². The lowest BCUT2D eigenvalue weighted by atomic mass is 10.1. The van der Waals surface area contributed by atoms with E-state index in [-0.39, 0.29) is 25.5 Å². The molecule has 1 aromatic rings. The number of carbonyl (C=O) groups is 3. The van der Waals surface area contributed by atoms with Crippen molar-refractivity contribution >= 4 is 17.9 Å². The molecule has 0 amide bonds. The average molecular weight is 293 g/mol. The Morgan fingerprint density at radius 1 is 1.33 bits per heavy atom. The first kappa shape index (κ1) is 15.0. The van der Waals surface area contributed by atoms with E-state index in [0.717, 1.165) is 10.6 Å². The zero-order chi connectivity index (χ0) is 15.2. The van der Waals surface area contributed by atoms with Crippen molar-refractivity contribution < 1.29 is 28.7 Å². The highest BCUT2D eigenvalue weighted by molar-refractivity contribution is 5.86. The average Bonchev–Trinajstić information content (AvgIpc) is 2.79. The standard InChI is InChI=1S/C14H15NO6/c1-10(16)7-12-13(17)20-9-15(12)21-14(18)19-8-11-5-3-2-4-6-11/h2-6,12H,7-9H2,1H3/t12-/m0/s1. The van der Waals surface area contributed by atoms with Gasteiger partial charge in [0.25, 0.3) is 0 Å². The van der Waals surface area contributed by atoms with Crippen molar-refractivity contribution in [1.29, 1.82) is 0 Å². The monoisotopic (exact) mass is 293 g/mol. The van der Waals surface area contributed by atoms with Crippen molar-refractivity contribution in [1.82, 2.24) is 5.06 Å². The van der Waals surface area contributed by atoms with Crippen LogP contribution in [-0.4, -0.2) is 35.7 Å². The molecule has 1 atom stereocenters. The fourth-order valence-electron chi connectivity index (χ4n) is 1.82. The van der Waals surface area contributed by atoms with Crippen molar-refractivity contribution in [3.63, 3.8) is 0 Å². The summed E-state index contributed by atoms with van der Waals surface area (Å²) in [6, 6.07) is 8.18. The zero-order valence-corrected chi connectivity index (χ0v) is 11.5. The molecule has 0 bridgehead atoms. The predicted octanol–water partition coefficient (Wildman–Crippen LogP) is 1.42. The molecule has 2 rings (SSSR count). The van der Waals surface area contributed by atoms with E-state index in [2.05, 4.69) is 0 Å². The van der Waals surface area contributed by atoms with Crippen LogP contribution in [0.5, 0.6) is 0 Å². The van der Waals surface area contributed by atoms with Crippen LogP contribution in [0.3, 0.4) is 0 Å². The Morgan fingerprint density at radius 2 is 2.05 bits per heavy atom. The maximum absolute atomic E-state index is 11.6. The fraction of sp³-hybridized carbons (Fsp3) is 0.357. The highest BCUT2D eigenvalue weighted by atomic mass is 16.8. The molecule has 1 heterocycles. The van der Waals surface area contributed by atoms with Crippen molar-refractivity contribution in [2.24, 2.45) is 0 Å². The smallest absolute Gasteiger partial charge is 0.445 e. The van der Waals surface area contributed by atoms with Gasteiger partial charge >= 0.3 is 12.1 Å². The molecular formula is C14H15NO6. The van der Waals surface area contributed by atoms with Crippen LogP contribution in [0.25, 0.3) is 0 Å². The van der Waals surface area contributed by atoms with Crippen molar-refractivity contribution in [3.8, 4) is 0 Å². The first-order valence-corrected chi connectivity index (χ1v) is 6.37. The fourth-order valence-corrected chi connectivity index (χ4v) is 1.82. The van der Waals surface area contributed by atoms with Crippen molar-refractivity contribution in [2.45, 2.75) is 26.0 Å². The van der Waals surface area contributed by atoms with Crippen molar-refractivity contribution in [2.75, 3.05) is 6.73 Å². The number of rotatable bonds is 5. The minimum absolute atomic E-state index is 0.0552. The molecule has 7 heteroatoms. The summed E-state index contributed by atoms with van der Waals surface area (Å²) in [7, 11) is 0. The van der Waals surface area contributed by atoms with Gasteiger partial charge in [0.05, 0.1) is 0 Å². The van der Waals surface area contributed by atoms with Gasteiger partial charge in [-0.3, -0.25) is 9.59 Å². The molecule has 112 valence electrons. The first-order valence-electron chi connectivity index (χ1n) is 6.37. The third-order valence-corrected chi connectivity index (χ3v) is 2.83. The van der Waals surface area contributed by atoms with Gasteiger partial charge < -0.3 is 14.3 Å². The van der Waals surface area contributed by atoms with Gasteiger partial charge in [-0.2, -0.15) is 0 Å². The second kappa shape index (κ2) is 6.85. The maximum Gasteiger partial charge on any atom is 0.528 e. The van der Waals surface area contributed by atoms with Crippen LogP contribution < -0.4 is 0 Å². The quantitative estimate of drug-likeness (QED) is 0.759.